The van der Waals surface area contributed by atoms with Crippen LogP contribution in [0.1, 0.15) is 69.7 Å². The Bertz CT molecular complexity index is 1350. The first-order valence-electron chi connectivity index (χ1n) is 13.2. The Morgan fingerprint density at radius 3 is 1.84 bits per heavy atom. The van der Waals surface area contributed by atoms with Crippen molar-refractivity contribution < 1.29 is 9.53 Å². The summed E-state index contributed by atoms with van der Waals surface area (Å²) in [4.78, 5) is 13.9. The van der Waals surface area contributed by atoms with Gasteiger partial charge in [0.15, 0.2) is 0 Å². The highest BCUT2D eigenvalue weighted by molar-refractivity contribution is 7.17. The van der Waals surface area contributed by atoms with E-state index in [1.807, 2.05) is 60.5 Å². The molecule has 2 aliphatic heterocycles. The van der Waals surface area contributed by atoms with Crippen molar-refractivity contribution in [1.29, 1.82) is 0 Å². The average Bonchev–Trinajstić information content (AvgIpc) is 3.65. The Labute approximate surface area is 238 Å². The zero-order valence-electron chi connectivity index (χ0n) is 22.9. The summed E-state index contributed by atoms with van der Waals surface area (Å²) in [5.74, 6) is 1.09. The maximum Gasteiger partial charge on any atom is 0.410 e. The lowest BCUT2D eigenvalue weighted by Crippen LogP contribution is -2.41. The molecular formula is C27H39ClN6O2S2. The Hall–Kier alpha value is -2.14. The minimum absolute atomic E-state index is 0. The summed E-state index contributed by atoms with van der Waals surface area (Å²) in [6.07, 6.45) is 4.15. The fourth-order valence-electron chi connectivity index (χ4n) is 5.31. The Morgan fingerprint density at radius 2 is 1.37 bits per heavy atom. The summed E-state index contributed by atoms with van der Waals surface area (Å²) in [6.45, 7) is 9.45. The standard InChI is InChI=1S/C16H23N3O2S.C11H15N3S.ClH/c1-16(2,3)21-15(20)19-8-5-11(6-9-19)13-14-12(7-10-22-14)18(4)17-13;1-14-9-4-7-15-11(9)10(13-14)8-2-5-12-6-3-8;/h7,10-11H,5-6,8-9H2,1-4H3;4,7-8,12H,2-3,5-6H2,1H3;1H. The fraction of sp³-hybridized carbons (Fsp3) is 0.593. The Morgan fingerprint density at radius 1 is 0.895 bits per heavy atom. The molecule has 1 amide bonds. The van der Waals surface area contributed by atoms with E-state index in [2.05, 4.69) is 33.3 Å². The molecule has 0 atom stereocenters. The van der Waals surface area contributed by atoms with Crippen molar-refractivity contribution in [2.24, 2.45) is 14.1 Å². The molecule has 6 heterocycles. The molecular weight excluding hydrogens is 540 g/mol. The monoisotopic (exact) mass is 578 g/mol. The molecule has 0 spiro atoms. The molecule has 6 rings (SSSR count). The number of aromatic nitrogens is 4. The molecule has 2 saturated heterocycles. The molecule has 11 heteroatoms. The summed E-state index contributed by atoms with van der Waals surface area (Å²) in [5.41, 5.74) is 4.57. The Kier molecular flexibility index (Phi) is 9.07. The number of amides is 1. The number of thiophene rings is 2. The molecule has 4 aromatic heterocycles. The van der Waals surface area contributed by atoms with Gasteiger partial charge in [-0.2, -0.15) is 10.2 Å². The van der Waals surface area contributed by atoms with Gasteiger partial charge in [0.05, 0.1) is 31.8 Å². The number of nitrogens with one attached hydrogen (secondary N) is 1. The average molecular weight is 579 g/mol. The zero-order chi connectivity index (χ0) is 26.2. The first-order chi connectivity index (χ1) is 17.7. The molecule has 208 valence electrons. The highest BCUT2D eigenvalue weighted by atomic mass is 35.5. The lowest BCUT2D eigenvalue weighted by molar-refractivity contribution is 0.0204. The van der Waals surface area contributed by atoms with Crippen LogP contribution in [-0.2, 0) is 18.8 Å². The van der Waals surface area contributed by atoms with Crippen molar-refractivity contribution in [3.8, 4) is 0 Å². The van der Waals surface area contributed by atoms with Crippen LogP contribution < -0.4 is 5.32 Å². The van der Waals surface area contributed by atoms with Gasteiger partial charge in [0.25, 0.3) is 0 Å². The predicted molar refractivity (Wildman–Crippen MR) is 159 cm³/mol. The number of ether oxygens (including phenoxy) is 1. The van der Waals surface area contributed by atoms with Gasteiger partial charge in [-0.3, -0.25) is 9.36 Å². The summed E-state index contributed by atoms with van der Waals surface area (Å²) < 4.78 is 12.1. The van der Waals surface area contributed by atoms with Gasteiger partial charge in [0.1, 0.15) is 5.60 Å². The van der Waals surface area contributed by atoms with Gasteiger partial charge in [0.2, 0.25) is 0 Å². The van der Waals surface area contributed by atoms with Crippen LogP contribution in [-0.4, -0.2) is 62.3 Å². The van der Waals surface area contributed by atoms with E-state index >= 15 is 0 Å². The third-order valence-corrected chi connectivity index (χ3v) is 9.08. The second kappa shape index (κ2) is 11.9. The van der Waals surface area contributed by atoms with Crippen molar-refractivity contribution in [3.05, 3.63) is 34.3 Å². The number of carbonyl (C=O) groups excluding carboxylic acids is 1. The van der Waals surface area contributed by atoms with E-state index in [1.54, 1.807) is 11.3 Å². The zero-order valence-corrected chi connectivity index (χ0v) is 25.3. The van der Waals surface area contributed by atoms with E-state index in [0.717, 1.165) is 39.0 Å². The normalized spacial score (nSPS) is 17.3. The number of hydrogen-bond donors (Lipinski definition) is 1. The molecule has 0 bridgehead atoms. The van der Waals surface area contributed by atoms with E-state index in [0.29, 0.717) is 11.8 Å². The lowest BCUT2D eigenvalue weighted by Gasteiger charge is -2.32. The smallest absolute Gasteiger partial charge is 0.410 e. The molecule has 4 aromatic rings. The third kappa shape index (κ3) is 6.19. The van der Waals surface area contributed by atoms with Crippen molar-refractivity contribution in [2.75, 3.05) is 26.2 Å². The van der Waals surface area contributed by atoms with Crippen LogP contribution in [0.5, 0.6) is 0 Å². The predicted octanol–water partition coefficient (Wildman–Crippen LogP) is 6.27. The van der Waals surface area contributed by atoms with Gasteiger partial charge in [-0.25, -0.2) is 4.79 Å². The quantitative estimate of drug-likeness (QED) is 0.303. The van der Waals surface area contributed by atoms with Crippen LogP contribution in [0.4, 0.5) is 4.79 Å². The number of likely N-dealkylation sites (tertiary alicyclic amines) is 1. The number of aryl methyl sites for hydroxylation is 2. The number of piperidine rings is 2. The van der Waals surface area contributed by atoms with Crippen molar-refractivity contribution in [3.63, 3.8) is 0 Å². The SMILES string of the molecule is Cl.Cn1nc(C2CCN(C(=O)OC(C)(C)C)CC2)c2sccc21.Cn1nc(C2CCNCC2)c2sccc21. The summed E-state index contributed by atoms with van der Waals surface area (Å²) in [6, 6.07) is 4.28. The van der Waals surface area contributed by atoms with Gasteiger partial charge in [-0.1, -0.05) is 0 Å². The minimum atomic E-state index is -0.432. The molecule has 38 heavy (non-hydrogen) atoms. The van der Waals surface area contributed by atoms with E-state index in [4.69, 9.17) is 9.84 Å². The van der Waals surface area contributed by atoms with Crippen LogP contribution in [0, 0.1) is 0 Å². The lowest BCUT2D eigenvalue weighted by atomic mass is 9.94. The number of nitrogens with zero attached hydrogens (tertiary/aromatic N) is 5. The number of fused-ring (bicyclic) bond motifs is 2. The van der Waals surface area contributed by atoms with Crippen LogP contribution >= 0.6 is 35.1 Å². The first-order valence-corrected chi connectivity index (χ1v) is 15.0. The number of hydrogen-bond acceptors (Lipinski definition) is 7. The maximum absolute atomic E-state index is 12.1. The van der Waals surface area contributed by atoms with Crippen LogP contribution in [0.3, 0.4) is 0 Å². The van der Waals surface area contributed by atoms with Gasteiger partial charge in [-0.05, 0) is 82.4 Å². The largest absolute Gasteiger partial charge is 0.444 e. The molecule has 2 fully saturated rings. The van der Waals surface area contributed by atoms with Crippen LogP contribution in [0.25, 0.3) is 20.4 Å². The fourth-order valence-corrected chi connectivity index (χ4v) is 7.28. The van der Waals surface area contributed by atoms with Gasteiger partial charge in [0, 0.05) is 39.0 Å². The molecule has 1 N–H and O–H groups in total. The number of halogens is 1. The van der Waals surface area contributed by atoms with E-state index in [-0.39, 0.29) is 18.5 Å². The van der Waals surface area contributed by atoms with Crippen LogP contribution in [0.2, 0.25) is 0 Å². The Balaban J connectivity index is 0.000000184. The molecule has 8 nitrogen and oxygen atoms in total. The van der Waals surface area contributed by atoms with E-state index in [1.165, 1.54) is 44.7 Å². The van der Waals surface area contributed by atoms with Crippen molar-refractivity contribution in [2.45, 2.75) is 63.9 Å². The molecule has 0 aromatic carbocycles. The minimum Gasteiger partial charge on any atom is -0.444 e. The van der Waals surface area contributed by atoms with E-state index < -0.39 is 5.60 Å². The summed E-state index contributed by atoms with van der Waals surface area (Å²) in [7, 11) is 4.04. The number of rotatable bonds is 2. The number of carbonyl (C=O) groups is 1. The topological polar surface area (TPSA) is 77.2 Å². The van der Waals surface area contributed by atoms with Crippen LogP contribution in [0.15, 0.2) is 22.9 Å². The maximum atomic E-state index is 12.1. The second-order valence-corrected chi connectivity index (χ2v) is 12.9. The first kappa shape index (κ1) is 28.9. The molecule has 0 saturated carbocycles. The highest BCUT2D eigenvalue weighted by Crippen LogP contribution is 2.35. The molecule has 2 aliphatic rings. The van der Waals surface area contributed by atoms with Gasteiger partial charge in [-0.15, -0.1) is 35.1 Å². The summed E-state index contributed by atoms with van der Waals surface area (Å²) >= 11 is 3.58. The van der Waals surface area contributed by atoms with E-state index in [9.17, 15) is 4.79 Å². The molecule has 0 unspecified atom stereocenters. The van der Waals surface area contributed by atoms with Crippen molar-refractivity contribution in [1.82, 2.24) is 29.8 Å². The molecule has 0 radical (unpaired) electrons. The molecule has 0 aliphatic carbocycles. The van der Waals surface area contributed by atoms with Gasteiger partial charge < -0.3 is 15.0 Å². The third-order valence-electron chi connectivity index (χ3n) is 7.23. The highest BCUT2D eigenvalue weighted by Gasteiger charge is 2.30. The van der Waals surface area contributed by atoms with Crippen molar-refractivity contribution >= 4 is 61.6 Å². The van der Waals surface area contributed by atoms with Gasteiger partial charge >= 0.3 is 6.09 Å². The summed E-state index contributed by atoms with van der Waals surface area (Å²) in [5, 5.41) is 17.1. The second-order valence-electron chi connectivity index (χ2n) is 11.1.